The third kappa shape index (κ3) is 3.72. The Hall–Kier alpha value is -1.59. The number of aryl methyl sites for hydroxylation is 1. The van der Waals surface area contributed by atoms with Crippen molar-refractivity contribution in [2.75, 3.05) is 7.11 Å². The number of carbonyl (C=O) groups excluding carboxylic acids is 1. The molecule has 0 saturated carbocycles. The van der Waals surface area contributed by atoms with E-state index in [4.69, 9.17) is 10.2 Å². The number of ether oxygens (including phenoxy) is 1. The van der Waals surface area contributed by atoms with Crippen LogP contribution in [0.4, 0.5) is 0 Å². The number of aliphatic hydroxyl groups excluding tert-OH is 2. The van der Waals surface area contributed by atoms with Crippen LogP contribution in [0.5, 0.6) is 5.75 Å². The molecule has 0 bridgehead atoms. The van der Waals surface area contributed by atoms with Crippen LogP contribution in [0.2, 0.25) is 0 Å². The van der Waals surface area contributed by atoms with Crippen molar-refractivity contribution in [1.82, 2.24) is 0 Å². The first kappa shape index (κ1) is 14.5. The fraction of sp³-hybridized carbons (Fsp3) is 0.462. The zero-order chi connectivity index (χ0) is 13.5. The number of esters is 1. The first-order chi connectivity index (χ1) is 8.62. The predicted molar refractivity (Wildman–Crippen MR) is 64.9 cm³/mol. The second-order valence-corrected chi connectivity index (χ2v) is 4.01. The fourth-order valence-electron chi connectivity index (χ4n) is 1.76. The summed E-state index contributed by atoms with van der Waals surface area (Å²) < 4.78 is 4.54. The summed E-state index contributed by atoms with van der Waals surface area (Å²) in [6, 6.07) is 3.34. The van der Waals surface area contributed by atoms with Crippen LogP contribution in [-0.4, -0.2) is 28.4 Å². The van der Waals surface area contributed by atoms with Gasteiger partial charge >= 0.3 is 5.97 Å². The summed E-state index contributed by atoms with van der Waals surface area (Å²) in [7, 11) is 1.34. The van der Waals surface area contributed by atoms with Crippen LogP contribution in [0.15, 0.2) is 12.1 Å². The quantitative estimate of drug-likeness (QED) is 0.656. The zero-order valence-corrected chi connectivity index (χ0v) is 10.3. The van der Waals surface area contributed by atoms with Crippen molar-refractivity contribution in [3.63, 3.8) is 0 Å². The molecule has 0 unspecified atom stereocenters. The molecular formula is C13H18O5. The highest BCUT2D eigenvalue weighted by molar-refractivity contribution is 5.69. The molecule has 0 aliphatic carbocycles. The number of aliphatic hydroxyl groups is 2. The van der Waals surface area contributed by atoms with Crippen LogP contribution in [-0.2, 0) is 29.2 Å². The summed E-state index contributed by atoms with van der Waals surface area (Å²) in [6.07, 6.45) is 1.56. The normalized spacial score (nSPS) is 10.4. The van der Waals surface area contributed by atoms with Gasteiger partial charge in [0, 0.05) is 17.5 Å². The molecule has 0 saturated heterocycles. The molecule has 100 valence electrons. The minimum atomic E-state index is -0.288. The Balaban J connectivity index is 2.74. The third-order valence-corrected chi connectivity index (χ3v) is 2.74. The minimum absolute atomic E-state index is 0.0725. The van der Waals surface area contributed by atoms with Crippen molar-refractivity contribution in [3.05, 3.63) is 28.8 Å². The molecule has 0 aliphatic rings. The van der Waals surface area contributed by atoms with Crippen molar-refractivity contribution in [2.45, 2.75) is 32.5 Å². The van der Waals surface area contributed by atoms with Crippen molar-refractivity contribution in [3.8, 4) is 5.75 Å². The number of benzene rings is 1. The van der Waals surface area contributed by atoms with E-state index in [1.165, 1.54) is 7.11 Å². The summed E-state index contributed by atoms with van der Waals surface area (Å²) in [4.78, 5) is 11.0. The van der Waals surface area contributed by atoms with E-state index in [1.54, 1.807) is 12.1 Å². The van der Waals surface area contributed by atoms with Crippen LogP contribution in [0.1, 0.15) is 29.5 Å². The molecule has 0 spiro atoms. The van der Waals surface area contributed by atoms with Gasteiger partial charge in [0.15, 0.2) is 0 Å². The van der Waals surface area contributed by atoms with Crippen molar-refractivity contribution in [2.24, 2.45) is 0 Å². The Kier molecular flexibility index (Phi) is 5.61. The Morgan fingerprint density at radius 1 is 1.22 bits per heavy atom. The zero-order valence-electron chi connectivity index (χ0n) is 10.3. The smallest absolute Gasteiger partial charge is 0.305 e. The van der Waals surface area contributed by atoms with Gasteiger partial charge in [-0.3, -0.25) is 4.79 Å². The molecule has 1 aromatic rings. The first-order valence-corrected chi connectivity index (χ1v) is 5.74. The molecule has 5 nitrogen and oxygen atoms in total. The van der Waals surface area contributed by atoms with E-state index in [2.05, 4.69) is 4.74 Å². The molecule has 0 fully saturated rings. The molecule has 1 rings (SSSR count). The maximum absolute atomic E-state index is 11.0. The molecular weight excluding hydrogens is 236 g/mol. The molecule has 0 aliphatic heterocycles. The SMILES string of the molecule is COC(=O)CCCc1cc(CO)c(O)c(CO)c1. The van der Waals surface area contributed by atoms with Gasteiger partial charge in [-0.2, -0.15) is 0 Å². The Labute approximate surface area is 106 Å². The Bertz CT molecular complexity index is 389. The molecule has 0 aromatic heterocycles. The topological polar surface area (TPSA) is 87.0 Å². The van der Waals surface area contributed by atoms with Crippen LogP contribution < -0.4 is 0 Å². The number of rotatable bonds is 6. The van der Waals surface area contributed by atoms with Crippen LogP contribution >= 0.6 is 0 Å². The number of carbonyl (C=O) groups is 1. The summed E-state index contributed by atoms with van der Waals surface area (Å²) in [5, 5.41) is 27.9. The maximum atomic E-state index is 11.0. The summed E-state index contributed by atoms with van der Waals surface area (Å²) in [5.41, 5.74) is 1.63. The lowest BCUT2D eigenvalue weighted by Crippen LogP contribution is -2.01. The Morgan fingerprint density at radius 3 is 2.22 bits per heavy atom. The standard InChI is InChI=1S/C13H18O5/c1-18-12(16)4-2-3-9-5-10(7-14)13(17)11(6-9)8-15/h5-6,14-15,17H,2-4,7-8H2,1H3. The summed E-state index contributed by atoms with van der Waals surface area (Å²) >= 11 is 0. The van der Waals surface area contributed by atoms with Gasteiger partial charge in [-0.25, -0.2) is 0 Å². The molecule has 0 radical (unpaired) electrons. The van der Waals surface area contributed by atoms with Gasteiger partial charge in [0.05, 0.1) is 20.3 Å². The van der Waals surface area contributed by atoms with Gasteiger partial charge in [0.25, 0.3) is 0 Å². The van der Waals surface area contributed by atoms with Crippen LogP contribution in [0.3, 0.4) is 0 Å². The Morgan fingerprint density at radius 2 is 1.78 bits per heavy atom. The van der Waals surface area contributed by atoms with Crippen molar-refractivity contribution >= 4 is 5.97 Å². The lowest BCUT2D eigenvalue weighted by Gasteiger charge is -2.10. The van der Waals surface area contributed by atoms with E-state index < -0.39 is 0 Å². The largest absolute Gasteiger partial charge is 0.507 e. The first-order valence-electron chi connectivity index (χ1n) is 5.74. The van der Waals surface area contributed by atoms with E-state index in [0.29, 0.717) is 30.4 Å². The predicted octanol–water partition coefficient (Wildman–Crippen LogP) is 0.872. The molecule has 5 heteroatoms. The van der Waals surface area contributed by atoms with Gasteiger partial charge in [-0.05, 0) is 30.5 Å². The lowest BCUT2D eigenvalue weighted by molar-refractivity contribution is -0.140. The average Bonchev–Trinajstić information content (AvgIpc) is 2.39. The number of phenols is 1. The second kappa shape index (κ2) is 6.98. The molecule has 18 heavy (non-hydrogen) atoms. The molecule has 3 N–H and O–H groups in total. The van der Waals surface area contributed by atoms with Gasteiger partial charge in [-0.1, -0.05) is 0 Å². The van der Waals surface area contributed by atoms with Gasteiger partial charge in [0.2, 0.25) is 0 Å². The molecule has 0 amide bonds. The van der Waals surface area contributed by atoms with Gasteiger partial charge < -0.3 is 20.1 Å². The fourth-order valence-corrected chi connectivity index (χ4v) is 1.76. The minimum Gasteiger partial charge on any atom is -0.507 e. The van der Waals surface area contributed by atoms with E-state index >= 15 is 0 Å². The highest BCUT2D eigenvalue weighted by Crippen LogP contribution is 2.25. The van der Waals surface area contributed by atoms with Crippen molar-refractivity contribution in [1.29, 1.82) is 0 Å². The summed E-state index contributed by atoms with van der Waals surface area (Å²) in [6.45, 7) is -0.576. The maximum Gasteiger partial charge on any atom is 0.305 e. The monoisotopic (exact) mass is 254 g/mol. The molecule has 0 atom stereocenters. The van der Waals surface area contributed by atoms with Gasteiger partial charge in [0.1, 0.15) is 5.75 Å². The van der Waals surface area contributed by atoms with Gasteiger partial charge in [-0.15, -0.1) is 0 Å². The number of methoxy groups -OCH3 is 1. The lowest BCUT2D eigenvalue weighted by atomic mass is 10.0. The van der Waals surface area contributed by atoms with E-state index in [-0.39, 0.29) is 24.9 Å². The second-order valence-electron chi connectivity index (χ2n) is 4.01. The van der Waals surface area contributed by atoms with E-state index in [1.807, 2.05) is 0 Å². The number of hydrogen-bond acceptors (Lipinski definition) is 5. The molecule has 1 aromatic carbocycles. The highest BCUT2D eigenvalue weighted by Gasteiger charge is 2.09. The van der Waals surface area contributed by atoms with Crippen LogP contribution in [0, 0.1) is 0 Å². The number of aromatic hydroxyl groups is 1. The average molecular weight is 254 g/mol. The van der Waals surface area contributed by atoms with Crippen LogP contribution in [0.25, 0.3) is 0 Å². The molecule has 0 heterocycles. The number of hydrogen-bond donors (Lipinski definition) is 3. The van der Waals surface area contributed by atoms with E-state index in [0.717, 1.165) is 5.56 Å². The summed E-state index contributed by atoms with van der Waals surface area (Å²) in [5.74, 6) is -0.338. The van der Waals surface area contributed by atoms with E-state index in [9.17, 15) is 9.90 Å². The third-order valence-electron chi connectivity index (χ3n) is 2.74. The van der Waals surface area contributed by atoms with Crippen molar-refractivity contribution < 1.29 is 24.9 Å². The highest BCUT2D eigenvalue weighted by atomic mass is 16.5.